The van der Waals surface area contributed by atoms with Crippen molar-refractivity contribution in [3.8, 4) is 16.9 Å². The molecule has 1 aromatic carbocycles. The molecule has 0 saturated carbocycles. The molecular formula is C43H50N4O7. The van der Waals surface area contributed by atoms with Crippen molar-refractivity contribution in [3.05, 3.63) is 87.5 Å². The van der Waals surface area contributed by atoms with Crippen LogP contribution in [0, 0.1) is 13.8 Å². The molecule has 8 bridgehead atoms. The van der Waals surface area contributed by atoms with E-state index in [9.17, 15) is 19.8 Å². The summed E-state index contributed by atoms with van der Waals surface area (Å²) < 4.78 is 15.5. The van der Waals surface area contributed by atoms with Crippen molar-refractivity contribution in [2.75, 3.05) is 21.3 Å². The summed E-state index contributed by atoms with van der Waals surface area (Å²) >= 11 is 0. The number of nitrogens with one attached hydrogen (secondary N) is 2. The Morgan fingerprint density at radius 3 is 2.02 bits per heavy atom. The van der Waals surface area contributed by atoms with Crippen LogP contribution in [0.15, 0.2) is 42.5 Å². The molecule has 3 aromatic heterocycles. The molecule has 2 aliphatic heterocycles. The fourth-order valence-corrected chi connectivity index (χ4v) is 7.93. The summed E-state index contributed by atoms with van der Waals surface area (Å²) in [6.07, 6.45) is 2.01. The minimum Gasteiger partial charge on any atom is -0.497 e. The number of aromatic amines is 2. The standard InChI is InChI=1S/C43H50N4O7/c1-10-28-25(5)40-39(26-12-14-27(52-7)15-13-26)41-42(6,50)43(51,11-2)36(47-41)22-32-24(4)30(17-19-38(49)54-9)35(45-32)21-34-29(16-18-37(48)53-8)23(3)31(44-34)20-33(28)46-40/h12-15,20-22,45-46,50-51H,10-11,16-19H2,1-9H3. The van der Waals surface area contributed by atoms with Gasteiger partial charge in [-0.05, 0) is 123 Å². The maximum absolute atomic E-state index is 12.5. The molecule has 2 unspecified atom stereocenters. The Kier molecular flexibility index (Phi) is 10.6. The molecule has 0 fully saturated rings. The van der Waals surface area contributed by atoms with E-state index in [1.807, 2.05) is 57.2 Å². The Morgan fingerprint density at radius 1 is 0.778 bits per heavy atom. The molecule has 4 aromatic rings. The summed E-state index contributed by atoms with van der Waals surface area (Å²) in [5.41, 5.74) is 8.56. The average molecular weight is 735 g/mol. The van der Waals surface area contributed by atoms with Gasteiger partial charge in [-0.2, -0.15) is 0 Å². The quantitative estimate of drug-likeness (QED) is 0.120. The van der Waals surface area contributed by atoms with E-state index in [0.29, 0.717) is 53.2 Å². The maximum atomic E-state index is 12.5. The van der Waals surface area contributed by atoms with Gasteiger partial charge >= 0.3 is 11.9 Å². The van der Waals surface area contributed by atoms with Crippen LogP contribution in [0.3, 0.4) is 0 Å². The second kappa shape index (κ2) is 14.9. The number of benzene rings is 1. The van der Waals surface area contributed by atoms with Gasteiger partial charge in [0.25, 0.3) is 0 Å². The van der Waals surface area contributed by atoms with Crippen molar-refractivity contribution in [2.24, 2.45) is 0 Å². The normalized spacial score (nSPS) is 18.2. The van der Waals surface area contributed by atoms with E-state index in [1.54, 1.807) is 20.1 Å². The summed E-state index contributed by atoms with van der Waals surface area (Å²) in [4.78, 5) is 42.3. The third-order valence-corrected chi connectivity index (χ3v) is 11.4. The lowest BCUT2D eigenvalue weighted by atomic mass is 9.78. The van der Waals surface area contributed by atoms with Crippen LogP contribution in [-0.2, 0) is 43.1 Å². The lowest BCUT2D eigenvalue weighted by molar-refractivity contribution is -0.148. The van der Waals surface area contributed by atoms with Crippen LogP contribution in [0.25, 0.3) is 44.3 Å². The molecule has 2 aliphatic rings. The van der Waals surface area contributed by atoms with E-state index in [4.69, 9.17) is 24.2 Å². The molecule has 4 N–H and O–H groups in total. The third kappa shape index (κ3) is 6.49. The highest BCUT2D eigenvalue weighted by Crippen LogP contribution is 2.50. The van der Waals surface area contributed by atoms with Gasteiger partial charge in [0.05, 0.1) is 49.6 Å². The van der Waals surface area contributed by atoms with Gasteiger partial charge in [0.1, 0.15) is 17.0 Å². The molecule has 0 saturated heterocycles. The van der Waals surface area contributed by atoms with Gasteiger partial charge in [0.2, 0.25) is 0 Å². The van der Waals surface area contributed by atoms with Crippen molar-refractivity contribution in [1.82, 2.24) is 19.9 Å². The summed E-state index contributed by atoms with van der Waals surface area (Å²) in [6, 6.07) is 13.4. The van der Waals surface area contributed by atoms with Crippen molar-refractivity contribution >= 4 is 45.2 Å². The molecule has 0 amide bonds. The number of esters is 2. The van der Waals surface area contributed by atoms with Crippen molar-refractivity contribution in [2.45, 2.75) is 91.3 Å². The Morgan fingerprint density at radius 2 is 1.41 bits per heavy atom. The molecule has 54 heavy (non-hydrogen) atoms. The second-order valence-corrected chi connectivity index (χ2v) is 14.2. The Hall–Kier alpha value is -5.26. The Bertz CT molecular complexity index is 2330. The van der Waals surface area contributed by atoms with Gasteiger partial charge < -0.3 is 34.4 Å². The Labute approximate surface area is 315 Å². The van der Waals surface area contributed by atoms with Crippen molar-refractivity contribution in [1.29, 1.82) is 0 Å². The first-order valence-corrected chi connectivity index (χ1v) is 18.4. The first-order valence-electron chi connectivity index (χ1n) is 18.4. The molecule has 0 spiro atoms. The van der Waals surface area contributed by atoms with Crippen LogP contribution in [0.5, 0.6) is 5.75 Å². The van der Waals surface area contributed by atoms with E-state index >= 15 is 0 Å². The summed E-state index contributed by atoms with van der Waals surface area (Å²) in [6.45, 7) is 11.6. The summed E-state index contributed by atoms with van der Waals surface area (Å²) in [5, 5.41) is 25.0. The average Bonchev–Trinajstić information content (AvgIpc) is 3.80. The topological polar surface area (TPSA) is 160 Å². The highest BCUT2D eigenvalue weighted by atomic mass is 16.5. The van der Waals surface area contributed by atoms with Crippen molar-refractivity contribution in [3.63, 3.8) is 0 Å². The third-order valence-electron chi connectivity index (χ3n) is 11.4. The number of allylic oxidation sites excluding steroid dienone is 2. The second-order valence-electron chi connectivity index (χ2n) is 14.2. The van der Waals surface area contributed by atoms with Crippen molar-refractivity contribution < 1.29 is 34.0 Å². The monoisotopic (exact) mass is 734 g/mol. The summed E-state index contributed by atoms with van der Waals surface area (Å²) in [5.74, 6) is 0.0242. The lowest BCUT2D eigenvalue weighted by Crippen LogP contribution is -2.43. The number of hydrogen-bond acceptors (Lipinski definition) is 9. The molecule has 0 aliphatic carbocycles. The lowest BCUT2D eigenvalue weighted by Gasteiger charge is -2.35. The molecule has 0 radical (unpaired) electrons. The Balaban J connectivity index is 1.83. The van der Waals surface area contributed by atoms with E-state index in [1.165, 1.54) is 14.2 Å². The number of carbonyl (C=O) groups is 2. The zero-order chi connectivity index (χ0) is 39.1. The van der Waals surface area contributed by atoms with Crippen LogP contribution in [0.4, 0.5) is 0 Å². The zero-order valence-electron chi connectivity index (χ0n) is 32.6. The van der Waals surface area contributed by atoms with Crippen LogP contribution in [0.2, 0.25) is 0 Å². The number of ether oxygens (including phenoxy) is 3. The predicted octanol–water partition coefficient (Wildman–Crippen LogP) is 7.66. The highest BCUT2D eigenvalue weighted by Gasteiger charge is 2.54. The van der Waals surface area contributed by atoms with Gasteiger partial charge in [-0.15, -0.1) is 0 Å². The van der Waals surface area contributed by atoms with E-state index < -0.39 is 11.2 Å². The minimum atomic E-state index is -1.80. The van der Waals surface area contributed by atoms with Gasteiger partial charge in [0, 0.05) is 35.0 Å². The van der Waals surface area contributed by atoms with Crippen LogP contribution >= 0.6 is 0 Å². The van der Waals surface area contributed by atoms with Crippen LogP contribution in [-0.4, -0.2) is 63.4 Å². The molecule has 11 nitrogen and oxygen atoms in total. The number of aryl methyl sites for hydroxylation is 4. The van der Waals surface area contributed by atoms with Gasteiger partial charge in [-0.25, -0.2) is 4.98 Å². The number of nitrogens with zero attached hydrogens (tertiary/aromatic N) is 2. The predicted molar refractivity (Wildman–Crippen MR) is 210 cm³/mol. The number of H-pyrrole nitrogens is 2. The number of aromatic nitrogens is 4. The number of methoxy groups -OCH3 is 3. The highest BCUT2D eigenvalue weighted by molar-refractivity contribution is 5.95. The smallest absolute Gasteiger partial charge is 0.305 e. The fraction of sp³-hybridized carbons (Fsp3) is 0.395. The van der Waals surface area contributed by atoms with E-state index in [2.05, 4.69) is 23.8 Å². The number of aliphatic hydroxyl groups is 2. The van der Waals surface area contributed by atoms with Gasteiger partial charge in [0.15, 0.2) is 0 Å². The molecule has 284 valence electrons. The molecule has 11 heteroatoms. The molecule has 5 heterocycles. The first kappa shape index (κ1) is 38.5. The fourth-order valence-electron chi connectivity index (χ4n) is 7.93. The number of fused-ring (bicyclic) bond motifs is 8. The molecular weight excluding hydrogens is 684 g/mol. The van der Waals surface area contributed by atoms with Gasteiger partial charge in [-0.3, -0.25) is 14.6 Å². The maximum Gasteiger partial charge on any atom is 0.305 e. The summed E-state index contributed by atoms with van der Waals surface area (Å²) in [7, 11) is 4.36. The molecule has 2 atom stereocenters. The van der Waals surface area contributed by atoms with E-state index in [0.717, 1.165) is 61.2 Å². The number of carbonyl (C=O) groups excluding carboxylic acids is 2. The minimum absolute atomic E-state index is 0.151. The zero-order valence-corrected chi connectivity index (χ0v) is 32.6. The first-order chi connectivity index (χ1) is 25.7. The molecule has 6 rings (SSSR count). The van der Waals surface area contributed by atoms with Gasteiger partial charge in [-0.1, -0.05) is 26.0 Å². The number of rotatable bonds is 10. The SMILES string of the molecule is CCc1c(C)c2[nH]c1cc1nc(cc3[nH]c(cc4nc(c2-c2ccc(OC)cc2)C(C)(O)C4(O)CC)c(C)c3CCC(=O)OC)C(CCC(=O)OC)=C1C. The van der Waals surface area contributed by atoms with E-state index in [-0.39, 0.29) is 31.2 Å². The van der Waals surface area contributed by atoms with Crippen LogP contribution < -0.4 is 4.74 Å². The van der Waals surface area contributed by atoms with Crippen LogP contribution in [0.1, 0.15) is 98.4 Å². The number of hydrogen-bond donors (Lipinski definition) is 4. The largest absolute Gasteiger partial charge is 0.497 e.